The van der Waals surface area contributed by atoms with Gasteiger partial charge in [0.2, 0.25) is 0 Å². The maximum absolute atomic E-state index is 5.62. The van der Waals surface area contributed by atoms with Gasteiger partial charge in [-0.3, -0.25) is 0 Å². The lowest BCUT2D eigenvalue weighted by molar-refractivity contribution is 0.436. The second kappa shape index (κ2) is 3.63. The van der Waals surface area contributed by atoms with Gasteiger partial charge in [-0.05, 0) is 31.0 Å². The normalized spacial score (nSPS) is 11.3. The average molecular weight is 241 g/mol. The van der Waals surface area contributed by atoms with Gasteiger partial charge in [-0.1, -0.05) is 11.2 Å². The number of nitrogens with zero attached hydrogens (tertiary/aromatic N) is 2. The van der Waals surface area contributed by atoms with Crippen LogP contribution in [0.5, 0.6) is 0 Å². The molecule has 4 heteroatoms. The van der Waals surface area contributed by atoms with Gasteiger partial charge in [0.25, 0.3) is 0 Å². The number of hydrogen-bond donors (Lipinski definition) is 1. The van der Waals surface area contributed by atoms with Gasteiger partial charge < -0.3 is 14.8 Å². The number of hydrogen-bond acceptors (Lipinski definition) is 3. The Morgan fingerprint density at radius 1 is 1.22 bits per heavy atom. The Labute approximate surface area is 105 Å². The largest absolute Gasteiger partial charge is 0.381 e. The van der Waals surface area contributed by atoms with Crippen LogP contribution in [0.15, 0.2) is 28.9 Å². The van der Waals surface area contributed by atoms with Crippen molar-refractivity contribution in [2.45, 2.75) is 13.8 Å². The van der Waals surface area contributed by atoms with Crippen LogP contribution in [0.4, 0.5) is 5.82 Å². The summed E-state index contributed by atoms with van der Waals surface area (Å²) in [5.74, 6) is 1.12. The molecule has 3 aromatic rings. The van der Waals surface area contributed by atoms with Crippen LogP contribution in [-0.4, -0.2) is 9.72 Å². The van der Waals surface area contributed by atoms with Crippen molar-refractivity contribution in [3.05, 3.63) is 35.5 Å². The zero-order valence-corrected chi connectivity index (χ0v) is 10.7. The lowest BCUT2D eigenvalue weighted by Crippen LogP contribution is -1.85. The second-order valence-corrected chi connectivity index (χ2v) is 4.75. The molecule has 0 fully saturated rings. The second-order valence-electron chi connectivity index (χ2n) is 4.75. The van der Waals surface area contributed by atoms with Crippen molar-refractivity contribution < 1.29 is 4.52 Å². The quantitative estimate of drug-likeness (QED) is 0.712. The number of anilines is 1. The van der Waals surface area contributed by atoms with Crippen molar-refractivity contribution in [1.29, 1.82) is 0 Å². The molecule has 0 bridgehead atoms. The van der Waals surface area contributed by atoms with E-state index in [0.717, 1.165) is 5.56 Å². The van der Waals surface area contributed by atoms with E-state index in [1.165, 1.54) is 22.0 Å². The number of benzene rings is 1. The minimum Gasteiger partial charge on any atom is -0.381 e. The molecular formula is C14H15N3O. The van der Waals surface area contributed by atoms with Crippen LogP contribution in [0.3, 0.4) is 0 Å². The number of aromatic nitrogens is 2. The summed E-state index contributed by atoms with van der Waals surface area (Å²) in [5.41, 5.74) is 10.3. The summed E-state index contributed by atoms with van der Waals surface area (Å²) in [7, 11) is 2.03. The van der Waals surface area contributed by atoms with E-state index in [2.05, 4.69) is 41.9 Å². The molecule has 0 aliphatic heterocycles. The molecule has 0 aliphatic carbocycles. The fraction of sp³-hybridized carbons (Fsp3) is 0.214. The molecule has 0 spiro atoms. The molecule has 1 aromatic carbocycles. The Morgan fingerprint density at radius 3 is 2.67 bits per heavy atom. The molecule has 3 rings (SSSR count). The van der Waals surface area contributed by atoms with Crippen LogP contribution < -0.4 is 5.73 Å². The van der Waals surface area contributed by atoms with Crippen LogP contribution >= 0.6 is 0 Å². The number of nitrogen functional groups attached to an aromatic ring is 1. The molecular weight excluding hydrogens is 226 g/mol. The number of aryl methyl sites for hydroxylation is 3. The summed E-state index contributed by atoms with van der Waals surface area (Å²) in [6.07, 6.45) is 2.05. The van der Waals surface area contributed by atoms with Crippen LogP contribution in [0, 0.1) is 13.8 Å². The smallest absolute Gasteiger partial charge is 0.171 e. The van der Waals surface area contributed by atoms with Crippen LogP contribution in [0.25, 0.3) is 22.2 Å². The van der Waals surface area contributed by atoms with Gasteiger partial charge in [-0.25, -0.2) is 0 Å². The highest BCUT2D eigenvalue weighted by atomic mass is 16.5. The van der Waals surface area contributed by atoms with E-state index in [4.69, 9.17) is 10.3 Å². The zero-order chi connectivity index (χ0) is 12.9. The SMILES string of the molecule is Cc1cc(C)c2c(-c3cc(N)no3)cn(C)c2c1. The van der Waals surface area contributed by atoms with Gasteiger partial charge in [-0.15, -0.1) is 0 Å². The van der Waals surface area contributed by atoms with E-state index < -0.39 is 0 Å². The Bertz CT molecular complexity index is 737. The minimum atomic E-state index is 0.409. The van der Waals surface area contributed by atoms with Gasteiger partial charge in [0.05, 0.1) is 0 Å². The van der Waals surface area contributed by atoms with Crippen LogP contribution in [0.2, 0.25) is 0 Å². The molecule has 18 heavy (non-hydrogen) atoms. The molecule has 0 unspecified atom stereocenters. The fourth-order valence-electron chi connectivity index (χ4n) is 2.50. The van der Waals surface area contributed by atoms with E-state index in [1.807, 2.05) is 7.05 Å². The molecule has 0 saturated carbocycles. The summed E-state index contributed by atoms with van der Waals surface area (Å²) >= 11 is 0. The highest BCUT2D eigenvalue weighted by Gasteiger charge is 2.14. The number of fused-ring (bicyclic) bond motifs is 1. The Kier molecular flexibility index (Phi) is 2.20. The molecule has 0 aliphatic rings. The standard InChI is InChI=1S/C14H15N3O/c1-8-4-9(2)14-10(7-17(3)11(14)5-8)12-6-13(15)16-18-12/h4-7H,1-3H3,(H2,15,16). The third-order valence-corrected chi connectivity index (χ3v) is 3.22. The van der Waals surface area contributed by atoms with Crippen molar-refractivity contribution in [2.24, 2.45) is 7.05 Å². The molecule has 0 amide bonds. The van der Waals surface area contributed by atoms with E-state index in [9.17, 15) is 0 Å². The van der Waals surface area contributed by atoms with E-state index in [-0.39, 0.29) is 0 Å². The first-order valence-corrected chi connectivity index (χ1v) is 5.85. The summed E-state index contributed by atoms with van der Waals surface area (Å²) in [5, 5.41) is 4.94. The van der Waals surface area contributed by atoms with E-state index >= 15 is 0 Å². The zero-order valence-electron chi connectivity index (χ0n) is 10.7. The molecule has 92 valence electrons. The first kappa shape index (κ1) is 10.9. The average Bonchev–Trinajstić information content (AvgIpc) is 2.84. The first-order valence-electron chi connectivity index (χ1n) is 5.85. The summed E-state index contributed by atoms with van der Waals surface area (Å²) < 4.78 is 7.37. The summed E-state index contributed by atoms with van der Waals surface area (Å²) in [4.78, 5) is 0. The molecule has 0 saturated heterocycles. The fourth-order valence-corrected chi connectivity index (χ4v) is 2.50. The molecule has 4 nitrogen and oxygen atoms in total. The third-order valence-electron chi connectivity index (χ3n) is 3.22. The predicted octanol–water partition coefficient (Wildman–Crippen LogP) is 3.03. The maximum atomic E-state index is 5.62. The molecule has 2 N–H and O–H groups in total. The Morgan fingerprint density at radius 2 is 2.00 bits per heavy atom. The van der Waals surface area contributed by atoms with Crippen LogP contribution in [-0.2, 0) is 7.05 Å². The monoisotopic (exact) mass is 241 g/mol. The van der Waals surface area contributed by atoms with E-state index in [0.29, 0.717) is 11.6 Å². The Balaban J connectivity index is 2.37. The van der Waals surface area contributed by atoms with Crippen molar-refractivity contribution >= 4 is 16.7 Å². The number of rotatable bonds is 1. The molecule has 2 aromatic heterocycles. The highest BCUT2D eigenvalue weighted by molar-refractivity contribution is 5.97. The lowest BCUT2D eigenvalue weighted by atomic mass is 10.0. The molecule has 0 radical (unpaired) electrons. The van der Waals surface area contributed by atoms with Gasteiger partial charge >= 0.3 is 0 Å². The number of nitrogens with two attached hydrogens (primary N) is 1. The predicted molar refractivity (Wildman–Crippen MR) is 72.3 cm³/mol. The minimum absolute atomic E-state index is 0.409. The summed E-state index contributed by atoms with van der Waals surface area (Å²) in [6, 6.07) is 6.10. The van der Waals surface area contributed by atoms with Crippen LogP contribution in [0.1, 0.15) is 11.1 Å². The summed E-state index contributed by atoms with van der Waals surface area (Å²) in [6.45, 7) is 4.21. The van der Waals surface area contributed by atoms with E-state index in [1.54, 1.807) is 6.07 Å². The third kappa shape index (κ3) is 1.49. The molecule has 2 heterocycles. The van der Waals surface area contributed by atoms with Crippen molar-refractivity contribution in [3.8, 4) is 11.3 Å². The van der Waals surface area contributed by atoms with Crippen molar-refractivity contribution in [2.75, 3.05) is 5.73 Å². The van der Waals surface area contributed by atoms with Gasteiger partial charge in [0.15, 0.2) is 11.6 Å². The van der Waals surface area contributed by atoms with Crippen molar-refractivity contribution in [3.63, 3.8) is 0 Å². The maximum Gasteiger partial charge on any atom is 0.171 e. The highest BCUT2D eigenvalue weighted by Crippen LogP contribution is 2.33. The van der Waals surface area contributed by atoms with Crippen molar-refractivity contribution in [1.82, 2.24) is 9.72 Å². The van der Waals surface area contributed by atoms with Gasteiger partial charge in [-0.2, -0.15) is 0 Å². The molecule has 0 atom stereocenters. The topological polar surface area (TPSA) is 57.0 Å². The lowest BCUT2D eigenvalue weighted by Gasteiger charge is -2.02. The Hall–Kier alpha value is -2.23. The van der Waals surface area contributed by atoms with Gasteiger partial charge in [0.1, 0.15) is 0 Å². The van der Waals surface area contributed by atoms with Gasteiger partial charge in [0, 0.05) is 35.8 Å². The first-order chi connectivity index (χ1) is 8.56.